The lowest BCUT2D eigenvalue weighted by Gasteiger charge is -2.20. The van der Waals surface area contributed by atoms with Gasteiger partial charge in [0.25, 0.3) is 7.48 Å². The highest BCUT2D eigenvalue weighted by Gasteiger charge is 2.24. The Balaban J connectivity index is 2.73. The van der Waals surface area contributed by atoms with Crippen molar-refractivity contribution in [1.82, 2.24) is 5.32 Å². The topological polar surface area (TPSA) is 90.7 Å². The SMILES string of the molecule is C=CCOc1ccc(C[C@H](BOCN)C(=O)N[C@H](C=O)CC(C)C)cc1. The third-order valence-electron chi connectivity index (χ3n) is 3.80. The van der Waals surface area contributed by atoms with Gasteiger partial charge in [0.05, 0.1) is 12.8 Å². The van der Waals surface area contributed by atoms with Gasteiger partial charge in [-0.2, -0.15) is 0 Å². The fourth-order valence-electron chi connectivity index (χ4n) is 2.56. The second-order valence-electron chi connectivity index (χ2n) is 6.56. The van der Waals surface area contributed by atoms with Crippen molar-refractivity contribution in [2.24, 2.45) is 11.7 Å². The highest BCUT2D eigenvalue weighted by Crippen LogP contribution is 2.18. The Morgan fingerprint density at radius 1 is 1.35 bits per heavy atom. The van der Waals surface area contributed by atoms with Gasteiger partial charge in [0.1, 0.15) is 18.6 Å². The number of carbonyl (C=O) groups is 2. The van der Waals surface area contributed by atoms with E-state index in [1.165, 1.54) is 0 Å². The van der Waals surface area contributed by atoms with Crippen LogP contribution in [0.4, 0.5) is 0 Å². The van der Waals surface area contributed by atoms with Crippen LogP contribution in [0.1, 0.15) is 25.8 Å². The van der Waals surface area contributed by atoms with Gasteiger partial charge in [-0.1, -0.05) is 38.6 Å². The summed E-state index contributed by atoms with van der Waals surface area (Å²) in [6.07, 6.45) is 3.55. The molecule has 142 valence electrons. The number of carbonyl (C=O) groups excluding carboxylic acids is 2. The molecule has 0 aliphatic rings. The number of amides is 1. The lowest BCUT2D eigenvalue weighted by atomic mass is 9.75. The fraction of sp³-hybridized carbons (Fsp3) is 0.474. The minimum absolute atomic E-state index is 0.0429. The van der Waals surface area contributed by atoms with Crippen molar-refractivity contribution in [3.63, 3.8) is 0 Å². The molecule has 1 rings (SSSR count). The summed E-state index contributed by atoms with van der Waals surface area (Å²) in [6, 6.07) is 7.03. The molecule has 1 aromatic carbocycles. The minimum Gasteiger partial charge on any atom is -0.490 e. The van der Waals surface area contributed by atoms with E-state index in [0.29, 0.717) is 25.4 Å². The van der Waals surface area contributed by atoms with Crippen LogP contribution in [-0.4, -0.2) is 39.1 Å². The average molecular weight is 360 g/mol. The molecule has 0 heterocycles. The number of nitrogens with one attached hydrogen (secondary N) is 1. The van der Waals surface area contributed by atoms with Gasteiger partial charge in [0.15, 0.2) is 0 Å². The number of benzene rings is 1. The van der Waals surface area contributed by atoms with Crippen molar-refractivity contribution in [1.29, 1.82) is 0 Å². The molecule has 3 N–H and O–H groups in total. The Kier molecular flexibility index (Phi) is 10.3. The Labute approximate surface area is 156 Å². The molecule has 0 saturated heterocycles. The fourth-order valence-corrected chi connectivity index (χ4v) is 2.56. The predicted octanol–water partition coefficient (Wildman–Crippen LogP) is 1.60. The summed E-state index contributed by atoms with van der Waals surface area (Å²) in [5, 5.41) is 2.80. The van der Waals surface area contributed by atoms with Gasteiger partial charge in [-0.15, -0.1) is 0 Å². The van der Waals surface area contributed by atoms with Gasteiger partial charge in [0.2, 0.25) is 5.91 Å². The van der Waals surface area contributed by atoms with E-state index in [-0.39, 0.29) is 20.1 Å². The molecule has 0 bridgehead atoms. The maximum absolute atomic E-state index is 12.6. The number of hydrogen-bond acceptors (Lipinski definition) is 5. The molecule has 1 aromatic rings. The Hall–Kier alpha value is -2.12. The molecule has 0 fully saturated rings. The second-order valence-corrected chi connectivity index (χ2v) is 6.56. The Bertz CT molecular complexity index is 563. The highest BCUT2D eigenvalue weighted by atomic mass is 16.5. The first-order valence-corrected chi connectivity index (χ1v) is 8.86. The summed E-state index contributed by atoms with van der Waals surface area (Å²) in [5.41, 5.74) is 6.37. The van der Waals surface area contributed by atoms with Crippen molar-refractivity contribution >= 4 is 19.7 Å². The highest BCUT2D eigenvalue weighted by molar-refractivity contribution is 6.37. The van der Waals surface area contributed by atoms with Crippen LogP contribution in [0.3, 0.4) is 0 Å². The van der Waals surface area contributed by atoms with Crippen LogP contribution >= 0.6 is 0 Å². The predicted molar refractivity (Wildman–Crippen MR) is 104 cm³/mol. The molecule has 0 aromatic heterocycles. The first kappa shape index (κ1) is 21.9. The third kappa shape index (κ3) is 8.31. The lowest BCUT2D eigenvalue weighted by molar-refractivity contribution is -0.124. The molecule has 26 heavy (non-hydrogen) atoms. The molecule has 0 radical (unpaired) electrons. The number of nitrogens with two attached hydrogens (primary N) is 1. The normalized spacial score (nSPS) is 12.9. The van der Waals surface area contributed by atoms with Crippen LogP contribution in [-0.2, 0) is 20.7 Å². The Morgan fingerprint density at radius 3 is 2.58 bits per heavy atom. The molecule has 0 spiro atoms. The molecule has 7 heteroatoms. The van der Waals surface area contributed by atoms with Crippen molar-refractivity contribution in [2.45, 2.75) is 38.5 Å². The number of rotatable bonds is 13. The first-order chi connectivity index (χ1) is 12.5. The zero-order valence-corrected chi connectivity index (χ0v) is 15.6. The summed E-state index contributed by atoms with van der Waals surface area (Å²) < 4.78 is 10.7. The van der Waals surface area contributed by atoms with Crippen LogP contribution in [0.5, 0.6) is 5.75 Å². The van der Waals surface area contributed by atoms with Crippen molar-refractivity contribution < 1.29 is 19.0 Å². The summed E-state index contributed by atoms with van der Waals surface area (Å²) in [5.74, 6) is 0.425. The minimum atomic E-state index is -0.488. The largest absolute Gasteiger partial charge is 0.490 e. The smallest absolute Gasteiger partial charge is 0.289 e. The van der Waals surface area contributed by atoms with E-state index in [4.69, 9.17) is 15.1 Å². The van der Waals surface area contributed by atoms with E-state index in [2.05, 4.69) is 11.9 Å². The van der Waals surface area contributed by atoms with Crippen molar-refractivity contribution in [2.75, 3.05) is 13.3 Å². The molecular weight excluding hydrogens is 331 g/mol. The summed E-state index contributed by atoms with van der Waals surface area (Å²) in [7, 11) is 0.199. The van der Waals surface area contributed by atoms with Crippen molar-refractivity contribution in [3.05, 3.63) is 42.5 Å². The second kappa shape index (κ2) is 12.3. The van der Waals surface area contributed by atoms with E-state index in [9.17, 15) is 9.59 Å². The van der Waals surface area contributed by atoms with E-state index in [0.717, 1.165) is 17.6 Å². The standard InChI is InChI=1S/C19H29BN2O4/c1-4-9-25-17-7-5-15(6-8-17)11-18(20-26-13-21)19(24)22-16(12-23)10-14(2)3/h4-8,12,14,16,18,20H,1,9-11,13,21H2,2-3H3,(H,22,24)/t16-,18-/m0/s1. The molecule has 0 saturated carbocycles. The molecule has 0 aliphatic heterocycles. The summed E-state index contributed by atoms with van der Waals surface area (Å²) in [6.45, 7) is 8.11. The van der Waals surface area contributed by atoms with Crippen LogP contribution in [0.25, 0.3) is 0 Å². The monoisotopic (exact) mass is 360 g/mol. The molecule has 1 amide bonds. The van der Waals surface area contributed by atoms with Gasteiger partial charge in [-0.3, -0.25) is 4.79 Å². The quantitative estimate of drug-likeness (QED) is 0.241. The lowest BCUT2D eigenvalue weighted by Crippen LogP contribution is -2.41. The van der Waals surface area contributed by atoms with Crippen LogP contribution < -0.4 is 15.8 Å². The summed E-state index contributed by atoms with van der Waals surface area (Å²) in [4.78, 5) is 23.8. The van der Waals surface area contributed by atoms with Gasteiger partial charge >= 0.3 is 0 Å². The van der Waals surface area contributed by atoms with Gasteiger partial charge < -0.3 is 25.2 Å². The Morgan fingerprint density at radius 2 is 2.04 bits per heavy atom. The van der Waals surface area contributed by atoms with Crippen LogP contribution in [0.2, 0.25) is 5.82 Å². The average Bonchev–Trinajstić information content (AvgIpc) is 2.63. The first-order valence-electron chi connectivity index (χ1n) is 8.86. The zero-order valence-electron chi connectivity index (χ0n) is 15.6. The maximum atomic E-state index is 12.6. The van der Waals surface area contributed by atoms with E-state index < -0.39 is 11.9 Å². The zero-order chi connectivity index (χ0) is 19.4. The number of aldehydes is 1. The van der Waals surface area contributed by atoms with Crippen molar-refractivity contribution in [3.8, 4) is 5.75 Å². The van der Waals surface area contributed by atoms with Gasteiger partial charge in [0, 0.05) is 5.82 Å². The van der Waals surface area contributed by atoms with E-state index in [1.54, 1.807) is 6.08 Å². The van der Waals surface area contributed by atoms with Crippen LogP contribution in [0, 0.1) is 5.92 Å². The van der Waals surface area contributed by atoms with E-state index >= 15 is 0 Å². The van der Waals surface area contributed by atoms with E-state index in [1.807, 2.05) is 38.1 Å². The number of ether oxygens (including phenoxy) is 1. The molecule has 6 nitrogen and oxygen atoms in total. The van der Waals surface area contributed by atoms with Gasteiger partial charge in [-0.25, -0.2) is 0 Å². The molecule has 0 unspecified atom stereocenters. The van der Waals surface area contributed by atoms with Gasteiger partial charge in [-0.05, 0) is 36.5 Å². The molecule has 2 atom stereocenters. The molecule has 0 aliphatic carbocycles. The maximum Gasteiger partial charge on any atom is 0.289 e. The number of hydrogen-bond donors (Lipinski definition) is 2. The summed E-state index contributed by atoms with van der Waals surface area (Å²) >= 11 is 0. The third-order valence-corrected chi connectivity index (χ3v) is 3.80. The molecular formula is C19H29BN2O4. The van der Waals surface area contributed by atoms with Crippen LogP contribution in [0.15, 0.2) is 36.9 Å².